The Morgan fingerprint density at radius 3 is 2.27 bits per heavy atom. The van der Waals surface area contributed by atoms with Crippen LogP contribution in [0.2, 0.25) is 0 Å². The molecule has 2 heterocycles. The van der Waals surface area contributed by atoms with E-state index < -0.39 is 30.3 Å². The largest absolute Gasteiger partial charge is 0.482 e. The quantitative estimate of drug-likeness (QED) is 0.129. The number of ketones is 1. The maximum absolute atomic E-state index is 13.0. The fraction of sp³-hybridized carbons (Fsp3) is 0.528. The number of nitrogens with zero attached hydrogens (tertiary/aromatic N) is 4. The molecule has 0 radical (unpaired) electrons. The zero-order valence-corrected chi connectivity index (χ0v) is 27.7. The number of carbonyl (C=O) groups excluding carboxylic acids is 2. The van der Waals surface area contributed by atoms with Crippen LogP contribution in [0.25, 0.3) is 0 Å². The summed E-state index contributed by atoms with van der Waals surface area (Å²) >= 11 is 0. The second kappa shape index (κ2) is 14.7. The first-order valence-corrected chi connectivity index (χ1v) is 17.0. The molecule has 1 aromatic heterocycles. The van der Waals surface area contributed by atoms with Gasteiger partial charge in [0.25, 0.3) is 0 Å². The van der Waals surface area contributed by atoms with Gasteiger partial charge in [-0.25, -0.2) is 4.79 Å². The number of nitrogens with one attached hydrogen (secondary N) is 1. The number of benzene rings is 2. The molecule has 3 aliphatic rings. The molecule has 10 nitrogen and oxygen atoms in total. The smallest absolute Gasteiger partial charge is 0.422 e. The minimum absolute atomic E-state index is 0.0945. The number of halogens is 3. The van der Waals surface area contributed by atoms with E-state index in [1.807, 2.05) is 24.3 Å². The Morgan fingerprint density at radius 2 is 1.63 bits per heavy atom. The predicted octanol–water partition coefficient (Wildman–Crippen LogP) is 6.29. The van der Waals surface area contributed by atoms with Gasteiger partial charge >= 0.3 is 18.2 Å². The van der Waals surface area contributed by atoms with Crippen molar-refractivity contribution in [1.29, 1.82) is 0 Å². The normalized spacial score (nSPS) is 17.7. The standard InChI is InChI=1S/C36H42F3N5O5/c1-2-47-31(46)22-48-28-11-9-27(10-12-28)35(17-18-35)43-32-40-30(41-33(42-32)49-24-36(37,38)39)21-25-5-7-26(8-6-25)29(45)13-14-34(15-16-34)23-44-19-3-4-20-44/h5-12H,2-4,13-24H2,1H3,(H,40,41,42,43). The highest BCUT2D eigenvalue weighted by atomic mass is 19.4. The lowest BCUT2D eigenvalue weighted by Gasteiger charge is -2.22. The van der Waals surface area contributed by atoms with Gasteiger partial charge in [-0.15, -0.1) is 0 Å². The fourth-order valence-electron chi connectivity index (χ4n) is 6.38. The van der Waals surface area contributed by atoms with Crippen LogP contribution < -0.4 is 14.8 Å². The molecule has 0 bridgehead atoms. The maximum Gasteiger partial charge on any atom is 0.422 e. The third kappa shape index (κ3) is 9.68. The minimum atomic E-state index is -4.56. The van der Waals surface area contributed by atoms with E-state index in [0.717, 1.165) is 50.0 Å². The Morgan fingerprint density at radius 1 is 0.918 bits per heavy atom. The van der Waals surface area contributed by atoms with Gasteiger partial charge in [-0.1, -0.05) is 36.4 Å². The number of anilines is 1. The second-order valence-electron chi connectivity index (χ2n) is 13.4. The van der Waals surface area contributed by atoms with E-state index in [9.17, 15) is 22.8 Å². The molecule has 0 atom stereocenters. The van der Waals surface area contributed by atoms with Crippen LogP contribution in [0.5, 0.6) is 11.8 Å². The minimum Gasteiger partial charge on any atom is -0.482 e. The molecular weight excluding hydrogens is 639 g/mol. The Hall–Kier alpha value is -4.26. The van der Waals surface area contributed by atoms with Crippen molar-refractivity contribution in [2.75, 3.05) is 44.8 Å². The average molecular weight is 682 g/mol. The summed E-state index contributed by atoms with van der Waals surface area (Å²) in [5.74, 6) is 0.467. The van der Waals surface area contributed by atoms with Crippen LogP contribution in [0.3, 0.4) is 0 Å². The van der Waals surface area contributed by atoms with Crippen molar-refractivity contribution in [2.24, 2.45) is 5.41 Å². The number of hydrogen-bond donors (Lipinski definition) is 1. The van der Waals surface area contributed by atoms with Crippen molar-refractivity contribution in [1.82, 2.24) is 19.9 Å². The molecule has 262 valence electrons. The summed E-state index contributed by atoms with van der Waals surface area (Å²) in [6.07, 6.45) is 3.44. The number of alkyl halides is 3. The molecule has 1 saturated heterocycles. The molecule has 0 amide bonds. The summed E-state index contributed by atoms with van der Waals surface area (Å²) in [5, 5.41) is 3.29. The number of ether oxygens (including phenoxy) is 3. The Labute approximate surface area is 283 Å². The number of carbonyl (C=O) groups is 2. The van der Waals surface area contributed by atoms with Crippen molar-refractivity contribution < 1.29 is 37.0 Å². The lowest BCUT2D eigenvalue weighted by atomic mass is 9.95. The van der Waals surface area contributed by atoms with E-state index in [-0.39, 0.29) is 37.2 Å². The van der Waals surface area contributed by atoms with Crippen LogP contribution in [-0.4, -0.2) is 77.2 Å². The summed E-state index contributed by atoms with van der Waals surface area (Å²) in [5.41, 5.74) is 2.09. The van der Waals surface area contributed by atoms with Crippen molar-refractivity contribution in [3.05, 3.63) is 71.0 Å². The third-order valence-electron chi connectivity index (χ3n) is 9.43. The number of aromatic nitrogens is 3. The van der Waals surface area contributed by atoms with Gasteiger partial charge in [-0.3, -0.25) is 4.79 Å². The SMILES string of the molecule is CCOC(=O)COc1ccc(C2(Nc3nc(Cc4ccc(C(=O)CCC5(CN6CCCC6)CC5)cc4)nc(OCC(F)(F)F)n3)CC2)cc1. The molecule has 49 heavy (non-hydrogen) atoms. The van der Waals surface area contributed by atoms with E-state index in [4.69, 9.17) is 14.2 Å². The van der Waals surface area contributed by atoms with E-state index in [1.165, 1.54) is 25.7 Å². The molecule has 6 rings (SSSR count). The number of likely N-dealkylation sites (tertiary alicyclic amines) is 1. The number of rotatable bonds is 17. The van der Waals surface area contributed by atoms with Gasteiger partial charge < -0.3 is 24.4 Å². The molecule has 0 unspecified atom stereocenters. The molecule has 3 fully saturated rings. The Balaban J connectivity index is 1.10. The molecular formula is C36H42F3N5O5. The van der Waals surface area contributed by atoms with Gasteiger partial charge in [-0.05, 0) is 93.6 Å². The van der Waals surface area contributed by atoms with Gasteiger partial charge in [0.15, 0.2) is 19.0 Å². The van der Waals surface area contributed by atoms with Crippen LogP contribution in [0.15, 0.2) is 48.5 Å². The average Bonchev–Trinajstić information content (AvgIpc) is 3.98. The second-order valence-corrected chi connectivity index (χ2v) is 13.4. The molecule has 3 aromatic rings. The number of esters is 1. The molecule has 13 heteroatoms. The van der Waals surface area contributed by atoms with Gasteiger partial charge in [0.05, 0.1) is 12.1 Å². The van der Waals surface area contributed by atoms with Crippen molar-refractivity contribution >= 4 is 17.7 Å². The Bertz CT molecular complexity index is 1600. The monoisotopic (exact) mass is 681 g/mol. The molecule has 1 aliphatic heterocycles. The number of hydrogen-bond acceptors (Lipinski definition) is 10. The van der Waals surface area contributed by atoms with Crippen LogP contribution in [-0.2, 0) is 21.5 Å². The summed E-state index contributed by atoms with van der Waals surface area (Å²) in [6.45, 7) is 3.67. The zero-order valence-electron chi connectivity index (χ0n) is 27.7. The van der Waals surface area contributed by atoms with Crippen LogP contribution in [0.4, 0.5) is 19.1 Å². The molecule has 1 N–H and O–H groups in total. The first-order valence-electron chi connectivity index (χ1n) is 17.0. The number of Topliss-reactive ketones (excluding diaryl/α,β-unsaturated/α-hetero) is 1. The molecule has 0 spiro atoms. The van der Waals surface area contributed by atoms with Gasteiger partial charge in [0.1, 0.15) is 11.6 Å². The summed E-state index contributed by atoms with van der Waals surface area (Å²) in [6, 6.07) is 14.0. The first-order chi connectivity index (χ1) is 23.5. The highest BCUT2D eigenvalue weighted by Crippen LogP contribution is 2.51. The molecule has 2 saturated carbocycles. The van der Waals surface area contributed by atoms with E-state index in [1.54, 1.807) is 31.2 Å². The first kappa shape index (κ1) is 34.6. The van der Waals surface area contributed by atoms with Crippen LogP contribution >= 0.6 is 0 Å². The lowest BCUT2D eigenvalue weighted by Crippen LogP contribution is -2.28. The van der Waals surface area contributed by atoms with Crippen molar-refractivity contribution in [3.63, 3.8) is 0 Å². The van der Waals surface area contributed by atoms with E-state index in [0.29, 0.717) is 23.1 Å². The summed E-state index contributed by atoms with van der Waals surface area (Å²) in [7, 11) is 0. The van der Waals surface area contributed by atoms with Crippen LogP contribution in [0, 0.1) is 5.41 Å². The molecule has 2 aliphatic carbocycles. The fourth-order valence-corrected chi connectivity index (χ4v) is 6.38. The highest BCUT2D eigenvalue weighted by Gasteiger charge is 2.45. The zero-order chi connectivity index (χ0) is 34.5. The van der Waals surface area contributed by atoms with E-state index >= 15 is 0 Å². The van der Waals surface area contributed by atoms with Gasteiger partial charge in [0, 0.05) is 24.9 Å². The maximum atomic E-state index is 13.0. The van der Waals surface area contributed by atoms with Crippen LogP contribution in [0.1, 0.15) is 85.6 Å². The van der Waals surface area contributed by atoms with Gasteiger partial charge in [0.2, 0.25) is 5.95 Å². The molecule has 2 aromatic carbocycles. The van der Waals surface area contributed by atoms with Crippen molar-refractivity contribution in [3.8, 4) is 11.8 Å². The lowest BCUT2D eigenvalue weighted by molar-refractivity contribution is -0.154. The predicted molar refractivity (Wildman–Crippen MR) is 175 cm³/mol. The van der Waals surface area contributed by atoms with Crippen molar-refractivity contribution in [2.45, 2.75) is 76.4 Å². The third-order valence-corrected chi connectivity index (χ3v) is 9.43. The summed E-state index contributed by atoms with van der Waals surface area (Å²) < 4.78 is 54.3. The highest BCUT2D eigenvalue weighted by molar-refractivity contribution is 5.96. The summed E-state index contributed by atoms with van der Waals surface area (Å²) in [4.78, 5) is 40.0. The van der Waals surface area contributed by atoms with Gasteiger partial charge in [-0.2, -0.15) is 28.1 Å². The Kier molecular flexibility index (Phi) is 10.4. The van der Waals surface area contributed by atoms with E-state index in [2.05, 4.69) is 25.2 Å². The topological polar surface area (TPSA) is 116 Å².